The molecule has 3 rings (SSSR count). The van der Waals surface area contributed by atoms with Gasteiger partial charge < -0.3 is 15.3 Å². The molecular weight excluding hydrogens is 428 g/mol. The molecule has 1 aliphatic heterocycles. The fourth-order valence-corrected chi connectivity index (χ4v) is 4.61. The number of isocyanates is 1. The number of aromatic nitrogens is 1. The van der Waals surface area contributed by atoms with E-state index in [1.54, 1.807) is 32.1 Å². The van der Waals surface area contributed by atoms with Crippen LogP contribution in [-0.2, 0) is 20.9 Å². The number of carbonyl (C=O) groups excluding carboxylic acids is 3. The molecule has 0 bridgehead atoms. The van der Waals surface area contributed by atoms with E-state index in [9.17, 15) is 19.5 Å². The number of aliphatic hydroxyl groups excluding tert-OH is 1. The quantitative estimate of drug-likeness (QED) is 0.512. The van der Waals surface area contributed by atoms with Crippen LogP contribution in [0.5, 0.6) is 0 Å². The lowest BCUT2D eigenvalue weighted by Gasteiger charge is -2.31. The van der Waals surface area contributed by atoms with E-state index in [-0.39, 0.29) is 18.9 Å². The van der Waals surface area contributed by atoms with E-state index in [4.69, 9.17) is 0 Å². The Kier molecular flexibility index (Phi) is 7.23. The fraction of sp³-hybridized carbons (Fsp3) is 0.478. The number of hydrogen-bond donors (Lipinski definition) is 2. The number of benzene rings is 1. The van der Waals surface area contributed by atoms with E-state index in [0.29, 0.717) is 6.54 Å². The van der Waals surface area contributed by atoms with Crippen LogP contribution < -0.4 is 5.32 Å². The summed E-state index contributed by atoms with van der Waals surface area (Å²) in [6.45, 7) is 7.65. The second kappa shape index (κ2) is 9.73. The lowest BCUT2D eigenvalue weighted by molar-refractivity contribution is -0.141. The number of nitrogens with zero attached hydrogens (tertiary/aromatic N) is 3. The van der Waals surface area contributed by atoms with Gasteiger partial charge in [-0.05, 0) is 23.5 Å². The summed E-state index contributed by atoms with van der Waals surface area (Å²) < 4.78 is 0. The summed E-state index contributed by atoms with van der Waals surface area (Å²) in [7, 11) is 0. The van der Waals surface area contributed by atoms with Crippen molar-refractivity contribution in [3.05, 3.63) is 41.0 Å². The molecule has 1 aromatic heterocycles. The zero-order valence-electron chi connectivity index (χ0n) is 18.7. The van der Waals surface area contributed by atoms with Crippen LogP contribution >= 0.6 is 11.3 Å². The predicted octanol–water partition coefficient (Wildman–Crippen LogP) is 2.45. The van der Waals surface area contributed by atoms with Crippen molar-refractivity contribution >= 4 is 29.2 Å². The minimum atomic E-state index is -0.969. The van der Waals surface area contributed by atoms with Crippen molar-refractivity contribution in [3.63, 3.8) is 0 Å². The lowest BCUT2D eigenvalue weighted by atomic mass is 9.86. The van der Waals surface area contributed by atoms with Crippen LogP contribution in [0.25, 0.3) is 10.4 Å². The molecule has 2 aromatic rings. The van der Waals surface area contributed by atoms with Crippen molar-refractivity contribution in [3.8, 4) is 10.4 Å². The van der Waals surface area contributed by atoms with Gasteiger partial charge in [-0.1, -0.05) is 45.0 Å². The number of amides is 2. The van der Waals surface area contributed by atoms with Crippen molar-refractivity contribution in [1.29, 1.82) is 0 Å². The van der Waals surface area contributed by atoms with Gasteiger partial charge >= 0.3 is 0 Å². The highest BCUT2D eigenvalue weighted by atomic mass is 32.1. The Morgan fingerprint density at radius 2 is 2.03 bits per heavy atom. The topological polar surface area (TPSA) is 112 Å². The Bertz CT molecular complexity index is 1020. The second-order valence-corrected chi connectivity index (χ2v) is 9.92. The lowest BCUT2D eigenvalue weighted by Crippen LogP contribution is -2.51. The van der Waals surface area contributed by atoms with Gasteiger partial charge in [-0.25, -0.2) is 9.78 Å². The molecule has 1 fully saturated rings. The maximum atomic E-state index is 13.1. The van der Waals surface area contributed by atoms with Crippen molar-refractivity contribution in [1.82, 2.24) is 15.2 Å². The van der Waals surface area contributed by atoms with Crippen molar-refractivity contribution in [2.45, 2.75) is 58.8 Å². The standard InChI is InChI=1S/C23H28N4O4S/c1-14-19(32-13-26-14)16-7-5-15(6-8-16)10-24-21(30)18-9-17(29)11-27(18)22(31)20(25-12-28)23(2,3)4/h5-8,13,17-18,20,29H,9-11H2,1-4H3,(H,24,30)/t17-,18+,20-/m1/s1. The third-order valence-electron chi connectivity index (χ3n) is 5.53. The first kappa shape index (κ1) is 23.8. The smallest absolute Gasteiger partial charge is 0.249 e. The molecule has 0 spiro atoms. The van der Waals surface area contributed by atoms with E-state index in [0.717, 1.165) is 21.7 Å². The Morgan fingerprint density at radius 3 is 2.59 bits per heavy atom. The summed E-state index contributed by atoms with van der Waals surface area (Å²) in [6, 6.07) is 6.07. The number of rotatable bonds is 6. The van der Waals surface area contributed by atoms with Crippen LogP contribution in [0.2, 0.25) is 0 Å². The van der Waals surface area contributed by atoms with E-state index in [1.165, 1.54) is 11.0 Å². The van der Waals surface area contributed by atoms with Gasteiger partial charge in [0.25, 0.3) is 0 Å². The Hall–Kier alpha value is -2.87. The van der Waals surface area contributed by atoms with Crippen LogP contribution in [0.3, 0.4) is 0 Å². The Morgan fingerprint density at radius 1 is 1.34 bits per heavy atom. The molecule has 0 unspecified atom stereocenters. The predicted molar refractivity (Wildman–Crippen MR) is 122 cm³/mol. The third-order valence-corrected chi connectivity index (χ3v) is 6.51. The van der Waals surface area contributed by atoms with E-state index in [1.807, 2.05) is 36.7 Å². The highest BCUT2D eigenvalue weighted by molar-refractivity contribution is 7.13. The maximum Gasteiger partial charge on any atom is 0.249 e. The van der Waals surface area contributed by atoms with Crippen molar-refractivity contribution < 1.29 is 19.5 Å². The van der Waals surface area contributed by atoms with Crippen molar-refractivity contribution in [2.24, 2.45) is 10.4 Å². The molecule has 2 heterocycles. The van der Waals surface area contributed by atoms with Crippen LogP contribution in [0.4, 0.5) is 0 Å². The van der Waals surface area contributed by atoms with Crippen LogP contribution in [0.1, 0.15) is 38.4 Å². The number of β-amino-alcohol motifs (C(OH)–C–C–N with tert-alkyl or cyclic N) is 1. The molecule has 32 heavy (non-hydrogen) atoms. The molecular formula is C23H28N4O4S. The summed E-state index contributed by atoms with van der Waals surface area (Å²) in [5, 5.41) is 13.0. The SMILES string of the molecule is Cc1ncsc1-c1ccc(CNC(=O)[C@@H]2C[C@@H](O)CN2C(=O)[C@@H](N=C=O)C(C)(C)C)cc1. The molecule has 1 saturated heterocycles. The highest BCUT2D eigenvalue weighted by Crippen LogP contribution is 2.29. The molecule has 2 N–H and O–H groups in total. The van der Waals surface area contributed by atoms with Gasteiger partial charge in [-0.15, -0.1) is 11.3 Å². The number of aliphatic hydroxyl groups is 1. The fourth-order valence-electron chi connectivity index (χ4n) is 3.79. The average Bonchev–Trinajstić information content (AvgIpc) is 3.35. The molecule has 2 amide bonds. The van der Waals surface area contributed by atoms with E-state index < -0.39 is 29.5 Å². The van der Waals surface area contributed by atoms with Gasteiger partial charge in [0.05, 0.1) is 22.2 Å². The number of aliphatic imine (C=N–C) groups is 1. The number of thiazole rings is 1. The molecule has 9 heteroatoms. The average molecular weight is 457 g/mol. The molecule has 1 aromatic carbocycles. The van der Waals surface area contributed by atoms with Gasteiger partial charge in [0.1, 0.15) is 12.1 Å². The zero-order valence-corrected chi connectivity index (χ0v) is 19.5. The maximum absolute atomic E-state index is 13.1. The summed E-state index contributed by atoms with van der Waals surface area (Å²) >= 11 is 1.58. The van der Waals surface area contributed by atoms with Crippen molar-refractivity contribution in [2.75, 3.05) is 6.54 Å². The largest absolute Gasteiger partial charge is 0.391 e. The molecule has 0 radical (unpaired) electrons. The van der Waals surface area contributed by atoms with Crippen LogP contribution in [-0.4, -0.2) is 57.6 Å². The van der Waals surface area contributed by atoms with Gasteiger partial charge in [0.15, 0.2) is 0 Å². The number of hydrogen-bond acceptors (Lipinski definition) is 7. The molecule has 3 atom stereocenters. The van der Waals surface area contributed by atoms with Gasteiger partial charge in [0.2, 0.25) is 17.9 Å². The molecule has 0 aliphatic carbocycles. The van der Waals surface area contributed by atoms with Crippen LogP contribution in [0.15, 0.2) is 34.8 Å². The summed E-state index contributed by atoms with van der Waals surface area (Å²) in [5.74, 6) is -0.804. The number of aryl methyl sites for hydroxylation is 1. The molecule has 170 valence electrons. The first-order chi connectivity index (χ1) is 15.1. The monoisotopic (exact) mass is 456 g/mol. The van der Waals surface area contributed by atoms with E-state index in [2.05, 4.69) is 15.3 Å². The van der Waals surface area contributed by atoms with Gasteiger partial charge in [-0.2, -0.15) is 4.99 Å². The normalized spacial score (nSPS) is 19.3. The first-order valence-corrected chi connectivity index (χ1v) is 11.3. The molecule has 8 nitrogen and oxygen atoms in total. The van der Waals surface area contributed by atoms with Gasteiger partial charge in [-0.3, -0.25) is 9.59 Å². The minimum Gasteiger partial charge on any atom is -0.391 e. The molecule has 0 saturated carbocycles. The summed E-state index contributed by atoms with van der Waals surface area (Å²) in [5.41, 5.74) is 4.15. The second-order valence-electron chi connectivity index (χ2n) is 9.07. The van der Waals surface area contributed by atoms with Gasteiger partial charge in [0, 0.05) is 19.5 Å². The zero-order chi connectivity index (χ0) is 23.5. The van der Waals surface area contributed by atoms with Crippen LogP contribution in [0, 0.1) is 12.3 Å². The first-order valence-electron chi connectivity index (χ1n) is 10.4. The number of nitrogens with one attached hydrogen (secondary N) is 1. The number of carbonyl (C=O) groups is 2. The third kappa shape index (κ3) is 5.30. The highest BCUT2D eigenvalue weighted by Gasteiger charge is 2.44. The summed E-state index contributed by atoms with van der Waals surface area (Å²) in [6.07, 6.45) is 0.794. The molecule has 1 aliphatic rings. The minimum absolute atomic E-state index is 0.0285. The van der Waals surface area contributed by atoms with E-state index >= 15 is 0 Å². The number of likely N-dealkylation sites (tertiary alicyclic amines) is 1. The Labute approximate surface area is 191 Å². The Balaban J connectivity index is 1.67. The summed E-state index contributed by atoms with van der Waals surface area (Å²) in [4.78, 5) is 47.2.